The van der Waals surface area contributed by atoms with Crippen molar-refractivity contribution in [2.45, 2.75) is 13.5 Å². The van der Waals surface area contributed by atoms with Crippen LogP contribution in [0.1, 0.15) is 21.6 Å². The first-order valence-corrected chi connectivity index (χ1v) is 7.56. The van der Waals surface area contributed by atoms with Gasteiger partial charge in [-0.3, -0.25) is 14.5 Å². The summed E-state index contributed by atoms with van der Waals surface area (Å²) in [4.78, 5) is 25.6. The molecule has 1 amide bonds. The molecular weight excluding hydrogens is 366 g/mol. The van der Waals surface area contributed by atoms with E-state index in [9.17, 15) is 9.59 Å². The van der Waals surface area contributed by atoms with Crippen LogP contribution in [-0.4, -0.2) is 21.3 Å². The van der Waals surface area contributed by atoms with Gasteiger partial charge < -0.3 is 0 Å². The number of ketones is 1. The number of hydrogen-bond acceptors (Lipinski definition) is 5. The van der Waals surface area contributed by atoms with Crippen LogP contribution in [0.5, 0.6) is 0 Å². The molecule has 2 aromatic rings. The monoisotopic (exact) mass is 371 g/mol. The molecule has 0 bridgehead atoms. The lowest BCUT2D eigenvalue weighted by atomic mass is 10.1. The molecule has 0 fully saturated rings. The average molecular weight is 373 g/mol. The maximum atomic E-state index is 12.1. The summed E-state index contributed by atoms with van der Waals surface area (Å²) in [7, 11) is 0. The van der Waals surface area contributed by atoms with Crippen molar-refractivity contribution in [3.63, 3.8) is 0 Å². The number of anilines is 1. The van der Waals surface area contributed by atoms with Gasteiger partial charge in [-0.1, -0.05) is 32.0 Å². The molecule has 1 aliphatic rings. The second-order valence-corrected chi connectivity index (χ2v) is 6.60. The van der Waals surface area contributed by atoms with Gasteiger partial charge in [0.2, 0.25) is 0 Å². The molecule has 20 heavy (non-hydrogen) atoms. The van der Waals surface area contributed by atoms with Crippen LogP contribution in [0.15, 0.2) is 16.6 Å². The number of rotatable bonds is 2. The second-order valence-electron chi connectivity index (χ2n) is 4.33. The summed E-state index contributed by atoms with van der Waals surface area (Å²) < 4.78 is 4.92. The molecule has 5 nitrogen and oxygen atoms in total. The molecule has 0 saturated carbocycles. The summed E-state index contributed by atoms with van der Waals surface area (Å²) in [5, 5.41) is 3.88. The van der Waals surface area contributed by atoms with Gasteiger partial charge in [-0.25, -0.2) is 0 Å². The van der Waals surface area contributed by atoms with E-state index >= 15 is 0 Å². The van der Waals surface area contributed by atoms with Gasteiger partial charge in [0.25, 0.3) is 11.7 Å². The Hall–Kier alpha value is -1.31. The highest BCUT2D eigenvalue weighted by molar-refractivity contribution is 9.10. The van der Waals surface area contributed by atoms with E-state index in [2.05, 4.69) is 25.5 Å². The van der Waals surface area contributed by atoms with Crippen molar-refractivity contribution in [3.05, 3.63) is 37.8 Å². The molecule has 0 atom stereocenters. The van der Waals surface area contributed by atoms with E-state index < -0.39 is 11.7 Å². The van der Waals surface area contributed by atoms with E-state index in [0.29, 0.717) is 21.3 Å². The van der Waals surface area contributed by atoms with Crippen molar-refractivity contribution >= 4 is 56.4 Å². The molecule has 3 rings (SSSR count). The van der Waals surface area contributed by atoms with Crippen LogP contribution in [0.2, 0.25) is 4.34 Å². The van der Waals surface area contributed by atoms with Gasteiger partial charge in [0, 0.05) is 16.0 Å². The number of carbonyl (C=O) groups is 2. The summed E-state index contributed by atoms with van der Waals surface area (Å²) in [5.74, 6) is -1.08. The third-order valence-corrected chi connectivity index (χ3v) is 4.48. The molecule has 0 unspecified atom stereocenters. The van der Waals surface area contributed by atoms with Crippen LogP contribution in [0.3, 0.4) is 0 Å². The molecule has 0 radical (unpaired) electrons. The summed E-state index contributed by atoms with van der Waals surface area (Å²) in [6.45, 7) is 2.00. The zero-order valence-electron chi connectivity index (χ0n) is 10.2. The second kappa shape index (κ2) is 4.91. The van der Waals surface area contributed by atoms with Crippen molar-refractivity contribution in [2.75, 3.05) is 4.90 Å². The van der Waals surface area contributed by atoms with E-state index in [1.165, 1.54) is 4.90 Å². The summed E-state index contributed by atoms with van der Waals surface area (Å²) in [5.41, 5.74) is 2.36. The standard InChI is InChI=1S/C12H7BrClN3O2S/c1-5-2-6(13)3-7-9(5)17(12(19)10(7)18)4-8-11(14)20-16-15-8/h2-3H,4H2,1H3. The van der Waals surface area contributed by atoms with E-state index in [1.54, 1.807) is 6.07 Å². The lowest BCUT2D eigenvalue weighted by Gasteiger charge is -2.17. The molecular formula is C12H7BrClN3O2S. The Morgan fingerprint density at radius 3 is 2.80 bits per heavy atom. The molecule has 8 heteroatoms. The van der Waals surface area contributed by atoms with Crippen molar-refractivity contribution < 1.29 is 9.59 Å². The van der Waals surface area contributed by atoms with Crippen LogP contribution in [-0.2, 0) is 11.3 Å². The Morgan fingerprint density at radius 1 is 1.40 bits per heavy atom. The number of aryl methyl sites for hydroxylation is 1. The molecule has 2 heterocycles. The number of hydrogen-bond donors (Lipinski definition) is 0. The molecule has 1 aliphatic heterocycles. The fourth-order valence-corrected chi connectivity index (χ4v) is 3.38. The maximum absolute atomic E-state index is 12.1. The van der Waals surface area contributed by atoms with E-state index in [4.69, 9.17) is 11.6 Å². The zero-order valence-corrected chi connectivity index (χ0v) is 13.3. The van der Waals surface area contributed by atoms with Crippen LogP contribution in [0.4, 0.5) is 5.69 Å². The third-order valence-electron chi connectivity index (χ3n) is 3.04. The first-order valence-electron chi connectivity index (χ1n) is 5.62. The Kier molecular flexibility index (Phi) is 3.35. The fraction of sp³-hybridized carbons (Fsp3) is 0.167. The lowest BCUT2D eigenvalue weighted by molar-refractivity contribution is -0.114. The van der Waals surface area contributed by atoms with Gasteiger partial charge in [-0.05, 0) is 24.6 Å². The number of halogens is 2. The van der Waals surface area contributed by atoms with Crippen molar-refractivity contribution in [3.8, 4) is 0 Å². The molecule has 1 aromatic carbocycles. The Balaban J connectivity index is 2.09. The van der Waals surface area contributed by atoms with E-state index in [1.807, 2.05) is 13.0 Å². The molecule has 0 saturated heterocycles. The van der Waals surface area contributed by atoms with Crippen LogP contribution >= 0.6 is 39.1 Å². The van der Waals surface area contributed by atoms with Gasteiger partial charge in [0.15, 0.2) is 0 Å². The average Bonchev–Trinajstić information content (AvgIpc) is 2.88. The van der Waals surface area contributed by atoms with Crippen LogP contribution in [0.25, 0.3) is 0 Å². The maximum Gasteiger partial charge on any atom is 0.299 e. The highest BCUT2D eigenvalue weighted by Gasteiger charge is 2.37. The smallest absolute Gasteiger partial charge is 0.298 e. The highest BCUT2D eigenvalue weighted by atomic mass is 79.9. The van der Waals surface area contributed by atoms with Crippen molar-refractivity contribution in [1.82, 2.24) is 9.59 Å². The lowest BCUT2D eigenvalue weighted by Crippen LogP contribution is -2.29. The first-order chi connectivity index (χ1) is 9.49. The molecule has 1 aromatic heterocycles. The van der Waals surface area contributed by atoms with Crippen molar-refractivity contribution in [2.24, 2.45) is 0 Å². The number of benzene rings is 1. The normalized spacial score (nSPS) is 14.1. The van der Waals surface area contributed by atoms with Gasteiger partial charge in [0.05, 0.1) is 17.8 Å². The van der Waals surface area contributed by atoms with E-state index in [0.717, 1.165) is 21.6 Å². The van der Waals surface area contributed by atoms with E-state index in [-0.39, 0.29) is 6.54 Å². The Labute approximate surface area is 131 Å². The number of Topliss-reactive ketones (excluding diaryl/α,β-unsaturated/α-hetero) is 1. The van der Waals surface area contributed by atoms with Crippen LogP contribution < -0.4 is 4.90 Å². The summed E-state index contributed by atoms with van der Waals surface area (Å²) in [6.07, 6.45) is 0. The quantitative estimate of drug-likeness (QED) is 0.760. The predicted molar refractivity (Wildman–Crippen MR) is 79.3 cm³/mol. The topological polar surface area (TPSA) is 63.2 Å². The summed E-state index contributed by atoms with van der Waals surface area (Å²) in [6, 6.07) is 3.52. The van der Waals surface area contributed by atoms with Crippen LogP contribution in [0, 0.1) is 6.92 Å². The minimum Gasteiger partial charge on any atom is -0.298 e. The highest BCUT2D eigenvalue weighted by Crippen LogP contribution is 2.36. The number of aromatic nitrogens is 2. The number of fused-ring (bicyclic) bond motifs is 1. The minimum absolute atomic E-state index is 0.148. The molecule has 0 spiro atoms. The third kappa shape index (κ3) is 2.06. The molecule has 0 aliphatic carbocycles. The first kappa shape index (κ1) is 13.7. The Morgan fingerprint density at radius 2 is 2.15 bits per heavy atom. The zero-order chi connectivity index (χ0) is 14.4. The number of amides is 1. The van der Waals surface area contributed by atoms with Gasteiger partial charge in [-0.2, -0.15) is 0 Å². The predicted octanol–water partition coefficient (Wildman–Crippen LogP) is 2.99. The van der Waals surface area contributed by atoms with Gasteiger partial charge >= 0.3 is 0 Å². The summed E-state index contributed by atoms with van der Waals surface area (Å²) >= 11 is 10.3. The largest absolute Gasteiger partial charge is 0.299 e. The number of nitrogens with zero attached hydrogens (tertiary/aromatic N) is 3. The number of carbonyl (C=O) groups excluding carboxylic acids is 2. The Bertz CT molecular complexity index is 746. The van der Waals surface area contributed by atoms with Gasteiger partial charge in [-0.15, -0.1) is 5.10 Å². The minimum atomic E-state index is -0.565. The van der Waals surface area contributed by atoms with Gasteiger partial charge in [0.1, 0.15) is 10.0 Å². The molecule has 102 valence electrons. The van der Waals surface area contributed by atoms with Crippen molar-refractivity contribution in [1.29, 1.82) is 0 Å². The fourth-order valence-electron chi connectivity index (χ4n) is 2.20. The molecule has 0 N–H and O–H groups in total. The SMILES string of the molecule is Cc1cc(Br)cc2c1N(Cc1nnsc1Cl)C(=O)C2=O.